The molecule has 10 heteroatoms. The number of nitrogens with one attached hydrogen (secondary N) is 1. The monoisotopic (exact) mass is 746 g/mol. The van der Waals surface area contributed by atoms with Crippen LogP contribution in [0.3, 0.4) is 0 Å². The van der Waals surface area contributed by atoms with Crippen molar-refractivity contribution >= 4 is 17.9 Å². The minimum absolute atomic E-state index is 0.119. The van der Waals surface area contributed by atoms with Crippen LogP contribution >= 0.6 is 0 Å². The molecule has 2 atom stereocenters. The van der Waals surface area contributed by atoms with Crippen molar-refractivity contribution in [3.05, 3.63) is 143 Å². The highest BCUT2D eigenvalue weighted by Crippen LogP contribution is 2.45. The smallest absolute Gasteiger partial charge is 0.408 e. The molecule has 0 unspecified atom stereocenters. The van der Waals surface area contributed by atoms with Crippen LogP contribution in [-0.2, 0) is 16.1 Å². The quantitative estimate of drug-likeness (QED) is 0.118. The second-order valence-corrected chi connectivity index (χ2v) is 15.4. The number of benzene rings is 4. The lowest BCUT2D eigenvalue weighted by Gasteiger charge is -2.40. The first kappa shape index (κ1) is 38.9. The molecule has 1 heterocycles. The molecule has 4 aromatic carbocycles. The van der Waals surface area contributed by atoms with Gasteiger partial charge in [-0.3, -0.25) is 14.5 Å². The molecule has 0 saturated carbocycles. The van der Waals surface area contributed by atoms with Gasteiger partial charge in [-0.1, -0.05) is 99.6 Å². The SMILES string of the molecule is CC(=O)N(CCCNC(=O)[C@H](C)N(CC1c2ccccc2-c2ccccc21)C(=O)O)[C@@H](c1cc(-c2cc(F)ccc2F)cn1Cc1ccccc1)C(C)(C)C. The highest BCUT2D eigenvalue weighted by atomic mass is 19.1. The summed E-state index contributed by atoms with van der Waals surface area (Å²) in [7, 11) is 0. The predicted molar refractivity (Wildman–Crippen MR) is 210 cm³/mol. The zero-order chi connectivity index (χ0) is 39.4. The topological polar surface area (TPSA) is 94.9 Å². The van der Waals surface area contributed by atoms with E-state index in [1.165, 1.54) is 17.9 Å². The highest BCUT2D eigenvalue weighted by Gasteiger charge is 2.37. The summed E-state index contributed by atoms with van der Waals surface area (Å²) < 4.78 is 31.4. The van der Waals surface area contributed by atoms with Crippen molar-refractivity contribution in [2.45, 2.75) is 65.6 Å². The number of amides is 3. The van der Waals surface area contributed by atoms with Crippen LogP contribution in [0.5, 0.6) is 0 Å². The van der Waals surface area contributed by atoms with E-state index in [2.05, 4.69) is 5.32 Å². The first-order chi connectivity index (χ1) is 26.2. The van der Waals surface area contributed by atoms with Crippen LogP contribution in [0.2, 0.25) is 0 Å². The van der Waals surface area contributed by atoms with Gasteiger partial charge in [-0.2, -0.15) is 0 Å². The van der Waals surface area contributed by atoms with Gasteiger partial charge in [0.15, 0.2) is 0 Å². The van der Waals surface area contributed by atoms with Crippen molar-refractivity contribution in [1.29, 1.82) is 0 Å². The van der Waals surface area contributed by atoms with E-state index in [1.807, 2.05) is 110 Å². The average molecular weight is 747 g/mol. The Labute approximate surface area is 321 Å². The lowest BCUT2D eigenvalue weighted by Crippen LogP contribution is -2.49. The van der Waals surface area contributed by atoms with Crippen molar-refractivity contribution < 1.29 is 28.3 Å². The molecule has 0 radical (unpaired) electrons. The molecule has 286 valence electrons. The van der Waals surface area contributed by atoms with Crippen molar-refractivity contribution in [2.75, 3.05) is 19.6 Å². The summed E-state index contributed by atoms with van der Waals surface area (Å²) in [5.41, 5.74) is 6.09. The Balaban J connectivity index is 1.19. The fourth-order valence-electron chi connectivity index (χ4n) is 7.89. The highest BCUT2D eigenvalue weighted by molar-refractivity contribution is 5.85. The Morgan fingerprint density at radius 1 is 0.836 bits per heavy atom. The van der Waals surface area contributed by atoms with E-state index in [1.54, 1.807) is 18.0 Å². The molecule has 2 N–H and O–H groups in total. The molecule has 0 saturated heterocycles. The summed E-state index contributed by atoms with van der Waals surface area (Å²) in [6.07, 6.45) is 1.01. The number of carboxylic acid groups (broad SMARTS) is 1. The Kier molecular flexibility index (Phi) is 11.5. The maximum Gasteiger partial charge on any atom is 0.408 e. The third-order valence-electron chi connectivity index (χ3n) is 10.5. The van der Waals surface area contributed by atoms with Crippen molar-refractivity contribution in [1.82, 2.24) is 19.7 Å². The van der Waals surface area contributed by atoms with Crippen LogP contribution in [0.1, 0.15) is 75.4 Å². The normalized spacial score (nSPS) is 13.4. The number of hydrogen-bond donors (Lipinski definition) is 2. The second-order valence-electron chi connectivity index (χ2n) is 15.4. The molecule has 55 heavy (non-hydrogen) atoms. The van der Waals surface area contributed by atoms with E-state index in [-0.39, 0.29) is 37.0 Å². The van der Waals surface area contributed by atoms with Gasteiger partial charge >= 0.3 is 6.09 Å². The van der Waals surface area contributed by atoms with Crippen LogP contribution in [-0.4, -0.2) is 63.1 Å². The summed E-state index contributed by atoms with van der Waals surface area (Å²) in [5, 5.41) is 13.2. The molecular weight excluding hydrogens is 699 g/mol. The van der Waals surface area contributed by atoms with Crippen molar-refractivity contribution in [3.63, 3.8) is 0 Å². The number of carbonyl (C=O) groups excluding carboxylic acids is 2. The van der Waals surface area contributed by atoms with Crippen LogP contribution < -0.4 is 5.32 Å². The standard InChI is InChI=1S/C45H48F2N4O4/c1-29(51(44(54)55)28-39-36-18-11-9-16-34(36)35-17-10-12-19-37(35)39)43(53)48-22-13-23-50(30(2)52)42(45(3,4)5)41-24-32(38-25-33(46)20-21-40(38)47)27-49(41)26-31-14-7-6-8-15-31/h6-12,14-21,24-25,27,29,39,42H,13,22-23,26,28H2,1-5H3,(H,48,53)(H,54,55)/t29-,42-/m0/s1. The number of nitrogens with zero attached hydrogens (tertiary/aromatic N) is 3. The molecule has 5 aromatic rings. The second kappa shape index (κ2) is 16.3. The van der Waals surface area contributed by atoms with E-state index in [4.69, 9.17) is 0 Å². The molecule has 8 nitrogen and oxygen atoms in total. The van der Waals surface area contributed by atoms with Gasteiger partial charge in [0, 0.05) is 62.0 Å². The van der Waals surface area contributed by atoms with Crippen molar-refractivity contribution in [2.24, 2.45) is 5.41 Å². The van der Waals surface area contributed by atoms with Gasteiger partial charge in [0.25, 0.3) is 0 Å². The summed E-state index contributed by atoms with van der Waals surface area (Å²) in [4.78, 5) is 42.5. The third kappa shape index (κ3) is 8.48. The molecule has 0 aliphatic heterocycles. The number of fused-ring (bicyclic) bond motifs is 3. The van der Waals surface area contributed by atoms with E-state index >= 15 is 4.39 Å². The number of halogens is 2. The van der Waals surface area contributed by atoms with E-state index < -0.39 is 41.1 Å². The summed E-state index contributed by atoms with van der Waals surface area (Å²) >= 11 is 0. The van der Waals surface area contributed by atoms with Crippen LogP contribution in [0.4, 0.5) is 13.6 Å². The molecule has 0 bridgehead atoms. The van der Waals surface area contributed by atoms with Crippen molar-refractivity contribution in [3.8, 4) is 22.3 Å². The molecule has 0 fully saturated rings. The summed E-state index contributed by atoms with van der Waals surface area (Å²) in [6.45, 7) is 10.2. The molecule has 3 amide bonds. The zero-order valence-corrected chi connectivity index (χ0v) is 31.9. The maximum absolute atomic E-state index is 15.1. The summed E-state index contributed by atoms with van der Waals surface area (Å²) in [5.74, 6) is -1.92. The van der Waals surface area contributed by atoms with Gasteiger partial charge in [0.05, 0.1) is 6.04 Å². The van der Waals surface area contributed by atoms with Crippen LogP contribution in [0.15, 0.2) is 109 Å². The van der Waals surface area contributed by atoms with Crippen LogP contribution in [0.25, 0.3) is 22.3 Å². The van der Waals surface area contributed by atoms with E-state index in [9.17, 15) is 23.9 Å². The Bertz CT molecular complexity index is 2130. The van der Waals surface area contributed by atoms with Gasteiger partial charge in [-0.15, -0.1) is 0 Å². The fraction of sp³-hybridized carbons (Fsp3) is 0.311. The Morgan fingerprint density at radius 2 is 1.45 bits per heavy atom. The zero-order valence-electron chi connectivity index (χ0n) is 31.9. The molecule has 6 rings (SSSR count). The molecular formula is C45H48F2N4O4. The van der Waals surface area contributed by atoms with Gasteiger partial charge in [0.2, 0.25) is 11.8 Å². The minimum atomic E-state index is -1.18. The lowest BCUT2D eigenvalue weighted by molar-refractivity contribution is -0.134. The number of aromatic nitrogens is 1. The summed E-state index contributed by atoms with van der Waals surface area (Å²) in [6, 6.07) is 29.4. The van der Waals surface area contributed by atoms with Gasteiger partial charge in [-0.25, -0.2) is 13.6 Å². The van der Waals surface area contributed by atoms with Crippen LogP contribution in [0, 0.1) is 17.0 Å². The molecule has 0 spiro atoms. The number of carbonyl (C=O) groups is 3. The first-order valence-electron chi connectivity index (χ1n) is 18.7. The maximum atomic E-state index is 15.1. The minimum Gasteiger partial charge on any atom is -0.465 e. The van der Waals surface area contributed by atoms with E-state index in [0.717, 1.165) is 45.6 Å². The fourth-order valence-corrected chi connectivity index (χ4v) is 7.89. The Hall–Kier alpha value is -5.77. The number of rotatable bonds is 13. The Morgan fingerprint density at radius 3 is 2.05 bits per heavy atom. The van der Waals surface area contributed by atoms with Gasteiger partial charge in [0.1, 0.15) is 17.7 Å². The lowest BCUT2D eigenvalue weighted by atomic mass is 9.83. The first-order valence-corrected chi connectivity index (χ1v) is 18.7. The predicted octanol–water partition coefficient (Wildman–Crippen LogP) is 9.10. The van der Waals surface area contributed by atoms with Gasteiger partial charge < -0.3 is 19.9 Å². The van der Waals surface area contributed by atoms with Gasteiger partial charge in [-0.05, 0) is 70.8 Å². The van der Waals surface area contributed by atoms with E-state index in [0.29, 0.717) is 18.5 Å². The largest absolute Gasteiger partial charge is 0.465 e. The molecule has 1 aromatic heterocycles. The molecule has 1 aliphatic carbocycles. The number of hydrogen-bond acceptors (Lipinski definition) is 3. The molecule has 1 aliphatic rings. The third-order valence-corrected chi connectivity index (χ3v) is 10.5. The average Bonchev–Trinajstić information content (AvgIpc) is 3.70.